The Balaban J connectivity index is 1.59. The van der Waals surface area contributed by atoms with E-state index in [-0.39, 0.29) is 11.8 Å². The molecule has 0 saturated carbocycles. The zero-order valence-corrected chi connectivity index (χ0v) is 14.1. The van der Waals surface area contributed by atoms with Crippen LogP contribution in [0.5, 0.6) is 0 Å². The lowest BCUT2D eigenvalue weighted by Gasteiger charge is -2.21. The van der Waals surface area contributed by atoms with Gasteiger partial charge in [0.2, 0.25) is 5.91 Å². The van der Waals surface area contributed by atoms with Crippen LogP contribution in [-0.4, -0.2) is 38.7 Å². The zero-order valence-electron chi connectivity index (χ0n) is 14.1. The highest BCUT2D eigenvalue weighted by Gasteiger charge is 2.21. The summed E-state index contributed by atoms with van der Waals surface area (Å²) in [6.07, 6.45) is 9.20. The molecule has 7 heteroatoms. The lowest BCUT2D eigenvalue weighted by molar-refractivity contribution is -0.120. The van der Waals surface area contributed by atoms with Crippen molar-refractivity contribution in [3.8, 4) is 11.1 Å². The Labute approximate surface area is 145 Å². The molecule has 0 spiro atoms. The molecule has 0 aromatic carbocycles. The fraction of sp³-hybridized carbons (Fsp3) is 0.333. The molecule has 0 unspecified atom stereocenters. The molecule has 1 amide bonds. The molecular weight excluding hydrogens is 316 g/mol. The van der Waals surface area contributed by atoms with E-state index in [1.54, 1.807) is 10.9 Å². The van der Waals surface area contributed by atoms with E-state index in [0.717, 1.165) is 48.0 Å². The number of hydrogen-bond donors (Lipinski definition) is 2. The standard InChI is InChI=1S/C18H20N6O/c1-24-11-15(9-22-24)14-5-13-6-17(21-10-16(13)20-8-14)23-18(25)12-3-2-4-19-7-12/h5-6,8-12,19H,2-4,7H2,1H3,(H,21,23,25)/t12-/m0/s1. The van der Waals surface area contributed by atoms with Gasteiger partial charge in [-0.15, -0.1) is 0 Å². The third kappa shape index (κ3) is 3.36. The molecule has 1 atom stereocenters. The molecule has 0 bridgehead atoms. The molecule has 0 radical (unpaired) electrons. The van der Waals surface area contributed by atoms with Gasteiger partial charge in [-0.2, -0.15) is 5.10 Å². The van der Waals surface area contributed by atoms with Crippen LogP contribution in [0.1, 0.15) is 12.8 Å². The summed E-state index contributed by atoms with van der Waals surface area (Å²) in [5.41, 5.74) is 2.79. The van der Waals surface area contributed by atoms with Gasteiger partial charge in [0.15, 0.2) is 0 Å². The van der Waals surface area contributed by atoms with Crippen LogP contribution in [0.2, 0.25) is 0 Å². The zero-order chi connectivity index (χ0) is 17.2. The maximum Gasteiger partial charge on any atom is 0.229 e. The Morgan fingerprint density at radius 3 is 2.92 bits per heavy atom. The number of carbonyl (C=O) groups is 1. The molecule has 0 aliphatic carbocycles. The van der Waals surface area contributed by atoms with Crippen molar-refractivity contribution in [2.24, 2.45) is 13.0 Å². The molecule has 1 fully saturated rings. The Morgan fingerprint density at radius 2 is 2.16 bits per heavy atom. The fourth-order valence-electron chi connectivity index (χ4n) is 3.13. The van der Waals surface area contributed by atoms with E-state index >= 15 is 0 Å². The van der Waals surface area contributed by atoms with Gasteiger partial charge in [0.05, 0.1) is 23.8 Å². The van der Waals surface area contributed by atoms with Crippen molar-refractivity contribution >= 4 is 22.6 Å². The second-order valence-corrected chi connectivity index (χ2v) is 6.42. The molecule has 128 valence electrons. The molecule has 3 aromatic rings. The third-order valence-electron chi connectivity index (χ3n) is 4.52. The van der Waals surface area contributed by atoms with Crippen LogP contribution < -0.4 is 10.6 Å². The van der Waals surface area contributed by atoms with Crippen LogP contribution in [0.25, 0.3) is 22.0 Å². The maximum absolute atomic E-state index is 12.4. The number of rotatable bonds is 3. The molecule has 25 heavy (non-hydrogen) atoms. The molecule has 2 N–H and O–H groups in total. The first-order valence-electron chi connectivity index (χ1n) is 8.45. The highest BCUT2D eigenvalue weighted by atomic mass is 16.2. The number of aromatic nitrogens is 4. The first kappa shape index (κ1) is 15.7. The molecule has 4 heterocycles. The fourth-order valence-corrected chi connectivity index (χ4v) is 3.13. The van der Waals surface area contributed by atoms with Crippen LogP contribution in [0.15, 0.2) is 36.9 Å². The number of carbonyl (C=O) groups excluding carboxylic acids is 1. The smallest absolute Gasteiger partial charge is 0.229 e. The summed E-state index contributed by atoms with van der Waals surface area (Å²) in [6, 6.07) is 3.91. The van der Waals surface area contributed by atoms with Crippen LogP contribution in [0.3, 0.4) is 0 Å². The van der Waals surface area contributed by atoms with Crippen molar-refractivity contribution in [2.45, 2.75) is 12.8 Å². The number of piperidine rings is 1. The third-order valence-corrected chi connectivity index (χ3v) is 4.52. The van der Waals surface area contributed by atoms with Gasteiger partial charge in [0.1, 0.15) is 5.82 Å². The lowest BCUT2D eigenvalue weighted by atomic mass is 9.99. The van der Waals surface area contributed by atoms with Gasteiger partial charge in [-0.05, 0) is 31.5 Å². The number of aryl methyl sites for hydroxylation is 1. The van der Waals surface area contributed by atoms with Crippen LogP contribution >= 0.6 is 0 Å². The summed E-state index contributed by atoms with van der Waals surface area (Å²) in [4.78, 5) is 21.1. The van der Waals surface area contributed by atoms with Gasteiger partial charge >= 0.3 is 0 Å². The van der Waals surface area contributed by atoms with E-state index in [2.05, 4.69) is 25.7 Å². The number of amides is 1. The number of fused-ring (bicyclic) bond motifs is 1. The normalized spacial score (nSPS) is 17.6. The van der Waals surface area contributed by atoms with E-state index < -0.39 is 0 Å². The van der Waals surface area contributed by atoms with Crippen molar-refractivity contribution in [3.63, 3.8) is 0 Å². The molecular formula is C18H20N6O. The average Bonchev–Trinajstić information content (AvgIpc) is 3.08. The number of hydrogen-bond acceptors (Lipinski definition) is 5. The Bertz CT molecular complexity index is 913. The predicted molar refractivity (Wildman–Crippen MR) is 96.0 cm³/mol. The lowest BCUT2D eigenvalue weighted by Crippen LogP contribution is -2.37. The average molecular weight is 336 g/mol. The van der Waals surface area contributed by atoms with Crippen LogP contribution in [0, 0.1) is 5.92 Å². The topological polar surface area (TPSA) is 84.7 Å². The summed E-state index contributed by atoms with van der Waals surface area (Å²) < 4.78 is 1.76. The van der Waals surface area contributed by atoms with E-state index in [0.29, 0.717) is 5.82 Å². The van der Waals surface area contributed by atoms with Crippen LogP contribution in [-0.2, 0) is 11.8 Å². The van der Waals surface area contributed by atoms with Crippen molar-refractivity contribution in [2.75, 3.05) is 18.4 Å². The van der Waals surface area contributed by atoms with E-state index in [4.69, 9.17) is 0 Å². The number of nitrogens with zero attached hydrogens (tertiary/aromatic N) is 4. The molecule has 1 aliphatic rings. The predicted octanol–water partition coefficient (Wildman–Crippen LogP) is 1.97. The maximum atomic E-state index is 12.4. The van der Waals surface area contributed by atoms with Crippen molar-refractivity contribution < 1.29 is 4.79 Å². The largest absolute Gasteiger partial charge is 0.316 e. The number of anilines is 1. The van der Waals surface area contributed by atoms with Crippen LogP contribution in [0.4, 0.5) is 5.82 Å². The highest BCUT2D eigenvalue weighted by molar-refractivity contribution is 5.94. The SMILES string of the molecule is Cn1cc(-c2cnc3cnc(NC(=O)[C@H]4CCCNC4)cc3c2)cn1. The molecule has 4 rings (SSSR count). The Kier molecular flexibility index (Phi) is 4.15. The summed E-state index contributed by atoms with van der Waals surface area (Å²) in [5, 5.41) is 11.3. The van der Waals surface area contributed by atoms with Gasteiger partial charge in [-0.25, -0.2) is 4.98 Å². The van der Waals surface area contributed by atoms with Gasteiger partial charge in [0.25, 0.3) is 0 Å². The summed E-state index contributed by atoms with van der Waals surface area (Å²) in [5.74, 6) is 0.592. The second-order valence-electron chi connectivity index (χ2n) is 6.42. The Hall–Kier alpha value is -2.80. The first-order valence-corrected chi connectivity index (χ1v) is 8.45. The van der Waals surface area contributed by atoms with Crippen molar-refractivity contribution in [1.29, 1.82) is 0 Å². The Morgan fingerprint density at radius 1 is 1.24 bits per heavy atom. The monoisotopic (exact) mass is 336 g/mol. The van der Waals surface area contributed by atoms with E-state index in [9.17, 15) is 4.79 Å². The minimum atomic E-state index is 0.00565. The minimum Gasteiger partial charge on any atom is -0.316 e. The van der Waals surface area contributed by atoms with Gasteiger partial charge < -0.3 is 10.6 Å². The van der Waals surface area contributed by atoms with Crippen molar-refractivity contribution in [3.05, 3.63) is 36.9 Å². The molecule has 1 aliphatic heterocycles. The first-order chi connectivity index (χ1) is 12.2. The minimum absolute atomic E-state index is 0.00565. The van der Waals surface area contributed by atoms with E-state index in [1.165, 1.54) is 0 Å². The van der Waals surface area contributed by atoms with Gasteiger partial charge in [-0.1, -0.05) is 0 Å². The summed E-state index contributed by atoms with van der Waals surface area (Å²) in [7, 11) is 1.88. The van der Waals surface area contributed by atoms with Crippen molar-refractivity contribution in [1.82, 2.24) is 25.1 Å². The molecule has 3 aromatic heterocycles. The van der Waals surface area contributed by atoms with Gasteiger partial charge in [-0.3, -0.25) is 14.5 Å². The molecule has 1 saturated heterocycles. The summed E-state index contributed by atoms with van der Waals surface area (Å²) in [6.45, 7) is 1.72. The van der Waals surface area contributed by atoms with E-state index in [1.807, 2.05) is 37.8 Å². The number of nitrogens with one attached hydrogen (secondary N) is 2. The number of pyridine rings is 2. The quantitative estimate of drug-likeness (QED) is 0.764. The molecule has 7 nitrogen and oxygen atoms in total. The summed E-state index contributed by atoms with van der Waals surface area (Å²) >= 11 is 0. The second kappa shape index (κ2) is 6.60. The highest BCUT2D eigenvalue weighted by Crippen LogP contribution is 2.23. The van der Waals surface area contributed by atoms with Gasteiger partial charge in [0, 0.05) is 42.5 Å².